The molecule has 0 spiro atoms. The first-order valence-corrected chi connectivity index (χ1v) is 6.33. The summed E-state index contributed by atoms with van der Waals surface area (Å²) in [5.74, 6) is 0.497. The molecule has 17 heavy (non-hydrogen) atoms. The maximum absolute atomic E-state index is 12.4. The van der Waals surface area contributed by atoms with E-state index in [-0.39, 0.29) is 5.92 Å². The highest BCUT2D eigenvalue weighted by Gasteiger charge is 2.28. The number of nitrogens with one attached hydrogen (secondary N) is 1. The lowest BCUT2D eigenvalue weighted by Crippen LogP contribution is -2.49. The van der Waals surface area contributed by atoms with Gasteiger partial charge in [0.05, 0.1) is 6.33 Å². The Morgan fingerprint density at radius 2 is 2.18 bits per heavy atom. The lowest BCUT2D eigenvalue weighted by atomic mass is 9.94. The van der Waals surface area contributed by atoms with Crippen molar-refractivity contribution in [2.24, 2.45) is 5.92 Å². The van der Waals surface area contributed by atoms with Crippen LogP contribution in [0.1, 0.15) is 12.1 Å². The second-order valence-corrected chi connectivity index (χ2v) is 4.84. The van der Waals surface area contributed by atoms with E-state index in [1.165, 1.54) is 5.69 Å². The van der Waals surface area contributed by atoms with Crippen molar-refractivity contribution in [2.75, 3.05) is 26.2 Å². The topological polar surface area (TPSA) is 50.2 Å². The minimum Gasteiger partial charge on any atom is -0.340 e. The van der Waals surface area contributed by atoms with Gasteiger partial charge in [-0.25, -0.2) is 4.98 Å². The van der Waals surface area contributed by atoms with Gasteiger partial charge in [0.1, 0.15) is 0 Å². The number of aryl methyl sites for hydroxylation is 1. The van der Waals surface area contributed by atoms with Crippen molar-refractivity contribution in [1.82, 2.24) is 19.8 Å². The summed E-state index contributed by atoms with van der Waals surface area (Å²) in [5.41, 5.74) is 1.20. The summed E-state index contributed by atoms with van der Waals surface area (Å²) in [6.45, 7) is 4.49. The van der Waals surface area contributed by atoms with Crippen molar-refractivity contribution in [3.05, 3.63) is 18.2 Å². The van der Waals surface area contributed by atoms with Crippen LogP contribution in [0, 0.1) is 5.92 Å². The predicted molar refractivity (Wildman–Crippen MR) is 63.5 cm³/mol. The van der Waals surface area contributed by atoms with Gasteiger partial charge < -0.3 is 14.8 Å². The highest BCUT2D eigenvalue weighted by atomic mass is 16.2. The molecule has 3 rings (SSSR count). The molecule has 1 unspecified atom stereocenters. The smallest absolute Gasteiger partial charge is 0.226 e. The van der Waals surface area contributed by atoms with Gasteiger partial charge >= 0.3 is 0 Å². The number of hydrogen-bond donors (Lipinski definition) is 1. The molecule has 1 N–H and O–H groups in total. The van der Waals surface area contributed by atoms with Crippen LogP contribution < -0.4 is 5.32 Å². The first kappa shape index (κ1) is 10.8. The molecule has 1 saturated heterocycles. The molecule has 0 radical (unpaired) electrons. The molecule has 92 valence electrons. The maximum atomic E-state index is 12.4. The average molecular weight is 234 g/mol. The zero-order chi connectivity index (χ0) is 11.7. The number of imidazole rings is 1. The molecule has 0 saturated carbocycles. The molecule has 2 aliphatic heterocycles. The Morgan fingerprint density at radius 3 is 3.00 bits per heavy atom. The minimum absolute atomic E-state index is 0.164. The van der Waals surface area contributed by atoms with E-state index in [0.29, 0.717) is 5.91 Å². The van der Waals surface area contributed by atoms with E-state index in [4.69, 9.17) is 0 Å². The average Bonchev–Trinajstić information content (AvgIpc) is 2.86. The lowest BCUT2D eigenvalue weighted by Gasteiger charge is -2.32. The van der Waals surface area contributed by atoms with E-state index in [1.807, 2.05) is 17.4 Å². The Kier molecular flexibility index (Phi) is 2.84. The zero-order valence-corrected chi connectivity index (χ0v) is 9.93. The number of piperazine rings is 1. The molecule has 1 fully saturated rings. The third kappa shape index (κ3) is 2.07. The maximum Gasteiger partial charge on any atom is 0.226 e. The van der Waals surface area contributed by atoms with Crippen LogP contribution in [-0.2, 0) is 17.8 Å². The van der Waals surface area contributed by atoms with E-state index in [0.717, 1.165) is 45.6 Å². The molecule has 5 heteroatoms. The molecule has 0 bridgehead atoms. The van der Waals surface area contributed by atoms with Gasteiger partial charge in [0.15, 0.2) is 0 Å². The molecule has 5 nitrogen and oxygen atoms in total. The van der Waals surface area contributed by atoms with Gasteiger partial charge in [0, 0.05) is 57.0 Å². The molecular weight excluding hydrogens is 216 g/mol. The van der Waals surface area contributed by atoms with Gasteiger partial charge in [-0.3, -0.25) is 4.79 Å². The molecule has 2 aliphatic rings. The quantitative estimate of drug-likeness (QED) is 0.737. The fraction of sp³-hybridized carbons (Fsp3) is 0.667. The third-order valence-electron chi connectivity index (χ3n) is 3.75. The van der Waals surface area contributed by atoms with Crippen molar-refractivity contribution in [2.45, 2.75) is 19.4 Å². The Labute approximate surface area is 101 Å². The van der Waals surface area contributed by atoms with Crippen molar-refractivity contribution in [1.29, 1.82) is 0 Å². The second kappa shape index (κ2) is 4.49. The van der Waals surface area contributed by atoms with E-state index >= 15 is 0 Å². The number of rotatable bonds is 1. The van der Waals surface area contributed by atoms with E-state index in [9.17, 15) is 4.79 Å². The number of hydrogen-bond acceptors (Lipinski definition) is 3. The Bertz CT molecular complexity index is 408. The van der Waals surface area contributed by atoms with Gasteiger partial charge in [-0.1, -0.05) is 0 Å². The van der Waals surface area contributed by atoms with Crippen LogP contribution in [0.25, 0.3) is 0 Å². The predicted octanol–water partition coefficient (Wildman–Crippen LogP) is -0.123. The first-order chi connectivity index (χ1) is 8.34. The molecule has 1 atom stereocenters. The van der Waals surface area contributed by atoms with Gasteiger partial charge in [-0.15, -0.1) is 0 Å². The summed E-state index contributed by atoms with van der Waals surface area (Å²) in [5, 5.41) is 3.28. The summed E-state index contributed by atoms with van der Waals surface area (Å²) in [7, 11) is 0. The van der Waals surface area contributed by atoms with Gasteiger partial charge in [-0.05, 0) is 6.42 Å². The number of aromatic nitrogens is 2. The number of carbonyl (C=O) groups is 1. The van der Waals surface area contributed by atoms with Crippen LogP contribution >= 0.6 is 0 Å². The normalized spacial score (nSPS) is 24.5. The number of nitrogens with zero attached hydrogens (tertiary/aromatic N) is 3. The fourth-order valence-corrected chi connectivity index (χ4v) is 2.72. The minimum atomic E-state index is 0.164. The Hall–Kier alpha value is -1.36. The monoisotopic (exact) mass is 234 g/mol. The number of amides is 1. The summed E-state index contributed by atoms with van der Waals surface area (Å²) >= 11 is 0. The van der Waals surface area contributed by atoms with Crippen LogP contribution in [0.3, 0.4) is 0 Å². The van der Waals surface area contributed by atoms with Crippen LogP contribution in [0.15, 0.2) is 12.5 Å². The molecule has 1 amide bonds. The molecular formula is C12H18N4O. The van der Waals surface area contributed by atoms with Gasteiger partial charge in [0.2, 0.25) is 5.91 Å². The van der Waals surface area contributed by atoms with E-state index in [2.05, 4.69) is 14.9 Å². The lowest BCUT2D eigenvalue weighted by molar-refractivity contribution is -0.136. The molecule has 0 aliphatic carbocycles. The van der Waals surface area contributed by atoms with Gasteiger partial charge in [-0.2, -0.15) is 0 Å². The zero-order valence-electron chi connectivity index (χ0n) is 9.93. The Balaban J connectivity index is 1.67. The summed E-state index contributed by atoms with van der Waals surface area (Å²) in [6.07, 6.45) is 5.55. The molecule has 1 aromatic heterocycles. The Morgan fingerprint density at radius 1 is 1.35 bits per heavy atom. The SMILES string of the molecule is O=C(C1CCn2cncc2C1)N1CCNCC1. The molecule has 0 aromatic carbocycles. The molecule has 3 heterocycles. The van der Waals surface area contributed by atoms with Crippen LogP contribution in [-0.4, -0.2) is 46.5 Å². The van der Waals surface area contributed by atoms with E-state index < -0.39 is 0 Å². The summed E-state index contributed by atoms with van der Waals surface area (Å²) in [4.78, 5) is 18.5. The summed E-state index contributed by atoms with van der Waals surface area (Å²) < 4.78 is 2.15. The third-order valence-corrected chi connectivity index (χ3v) is 3.75. The van der Waals surface area contributed by atoms with Gasteiger partial charge in [0.25, 0.3) is 0 Å². The van der Waals surface area contributed by atoms with Crippen LogP contribution in [0.2, 0.25) is 0 Å². The standard InChI is InChI=1S/C12H18N4O/c17-12(15-5-2-13-3-6-15)10-1-4-16-9-14-8-11(16)7-10/h8-10,13H,1-7H2. The largest absolute Gasteiger partial charge is 0.340 e. The first-order valence-electron chi connectivity index (χ1n) is 6.33. The molecule has 1 aromatic rings. The van der Waals surface area contributed by atoms with Crippen molar-refractivity contribution in [3.8, 4) is 0 Å². The number of fused-ring (bicyclic) bond motifs is 1. The van der Waals surface area contributed by atoms with Crippen molar-refractivity contribution in [3.63, 3.8) is 0 Å². The van der Waals surface area contributed by atoms with Crippen molar-refractivity contribution < 1.29 is 4.79 Å². The second-order valence-electron chi connectivity index (χ2n) is 4.84. The van der Waals surface area contributed by atoms with E-state index in [1.54, 1.807) is 0 Å². The van der Waals surface area contributed by atoms with Crippen LogP contribution in [0.4, 0.5) is 0 Å². The summed E-state index contributed by atoms with van der Waals surface area (Å²) in [6, 6.07) is 0. The fourth-order valence-electron chi connectivity index (χ4n) is 2.72. The highest BCUT2D eigenvalue weighted by molar-refractivity contribution is 5.79. The van der Waals surface area contributed by atoms with Crippen LogP contribution in [0.5, 0.6) is 0 Å². The number of carbonyl (C=O) groups excluding carboxylic acids is 1. The van der Waals surface area contributed by atoms with Crippen molar-refractivity contribution >= 4 is 5.91 Å². The highest BCUT2D eigenvalue weighted by Crippen LogP contribution is 2.21.